The van der Waals surface area contributed by atoms with E-state index in [2.05, 4.69) is 10.3 Å². The van der Waals surface area contributed by atoms with Gasteiger partial charge in [0.25, 0.3) is 0 Å². The molecule has 0 aliphatic heterocycles. The number of carboxylic acids is 1. The van der Waals surface area contributed by atoms with Crippen molar-refractivity contribution in [1.82, 2.24) is 10.3 Å². The fourth-order valence-corrected chi connectivity index (χ4v) is 2.29. The molecular weight excluding hydrogens is 284 g/mol. The van der Waals surface area contributed by atoms with Gasteiger partial charge < -0.3 is 20.1 Å². The fraction of sp³-hybridized carbons (Fsp3) is 0.375. The first-order valence-corrected chi connectivity index (χ1v) is 7.33. The first-order valence-electron chi connectivity index (χ1n) is 7.33. The number of amides is 1. The second kappa shape index (κ2) is 7.49. The summed E-state index contributed by atoms with van der Waals surface area (Å²) in [6.45, 7) is 2.33. The van der Waals surface area contributed by atoms with Crippen molar-refractivity contribution in [3.8, 4) is 0 Å². The summed E-state index contributed by atoms with van der Waals surface area (Å²) in [4.78, 5) is 26.0. The van der Waals surface area contributed by atoms with Crippen LogP contribution in [0.15, 0.2) is 30.5 Å². The average molecular weight is 304 g/mol. The van der Waals surface area contributed by atoms with Crippen molar-refractivity contribution in [2.45, 2.75) is 32.2 Å². The summed E-state index contributed by atoms with van der Waals surface area (Å²) in [5.74, 6) is -0.982. The molecule has 1 aromatic carbocycles. The van der Waals surface area contributed by atoms with E-state index >= 15 is 0 Å². The highest BCUT2D eigenvalue weighted by Crippen LogP contribution is 2.26. The number of fused-ring (bicyclic) bond motifs is 1. The maximum Gasteiger partial charge on any atom is 0.407 e. The predicted molar refractivity (Wildman–Crippen MR) is 82.7 cm³/mol. The van der Waals surface area contributed by atoms with Crippen molar-refractivity contribution >= 4 is 23.0 Å². The van der Waals surface area contributed by atoms with E-state index in [9.17, 15) is 9.59 Å². The number of ether oxygens (including phenoxy) is 1. The van der Waals surface area contributed by atoms with Crippen LogP contribution in [-0.2, 0) is 9.53 Å². The molecule has 0 saturated heterocycles. The summed E-state index contributed by atoms with van der Waals surface area (Å²) in [5, 5.41) is 12.6. The molecule has 2 rings (SSSR count). The minimum Gasteiger partial charge on any atom is -0.481 e. The zero-order chi connectivity index (χ0) is 15.9. The van der Waals surface area contributed by atoms with Crippen molar-refractivity contribution in [2.24, 2.45) is 0 Å². The van der Waals surface area contributed by atoms with Crippen LogP contribution in [0.4, 0.5) is 4.79 Å². The number of para-hydroxylation sites is 1. The van der Waals surface area contributed by atoms with Crippen LogP contribution in [-0.4, -0.2) is 28.8 Å². The van der Waals surface area contributed by atoms with E-state index in [1.54, 1.807) is 6.20 Å². The largest absolute Gasteiger partial charge is 0.481 e. The quantitative estimate of drug-likeness (QED) is 0.685. The number of H-pyrrole nitrogens is 1. The van der Waals surface area contributed by atoms with E-state index < -0.39 is 18.1 Å². The molecule has 6 heteroatoms. The Labute approximate surface area is 128 Å². The first kappa shape index (κ1) is 15.9. The second-order valence-corrected chi connectivity index (χ2v) is 5.07. The minimum absolute atomic E-state index is 0.204. The number of hydrogen-bond acceptors (Lipinski definition) is 3. The number of nitrogens with one attached hydrogen (secondary N) is 2. The van der Waals surface area contributed by atoms with Gasteiger partial charge in [-0.05, 0) is 12.5 Å². The van der Waals surface area contributed by atoms with Crippen LogP contribution in [0.25, 0.3) is 10.9 Å². The van der Waals surface area contributed by atoms with Crippen molar-refractivity contribution in [3.63, 3.8) is 0 Å². The van der Waals surface area contributed by atoms with Crippen LogP contribution in [0.2, 0.25) is 0 Å². The number of unbranched alkanes of at least 4 members (excludes halogenated alkanes) is 1. The van der Waals surface area contributed by atoms with Gasteiger partial charge in [0.2, 0.25) is 0 Å². The van der Waals surface area contributed by atoms with Gasteiger partial charge in [0.15, 0.2) is 0 Å². The molecule has 0 aliphatic carbocycles. The molecule has 1 amide bonds. The number of carbonyl (C=O) groups excluding carboxylic acids is 1. The summed E-state index contributed by atoms with van der Waals surface area (Å²) in [6, 6.07) is 6.91. The number of aliphatic carboxylic acids is 1. The van der Waals surface area contributed by atoms with Crippen LogP contribution in [0.5, 0.6) is 0 Å². The third kappa shape index (κ3) is 4.00. The summed E-state index contributed by atoms with van der Waals surface area (Å²) < 4.78 is 5.05. The van der Waals surface area contributed by atoms with Gasteiger partial charge in [0.1, 0.15) is 0 Å². The van der Waals surface area contributed by atoms with Gasteiger partial charge in [0, 0.05) is 22.7 Å². The molecule has 6 nitrogen and oxygen atoms in total. The number of hydrogen-bond donors (Lipinski definition) is 3. The zero-order valence-electron chi connectivity index (χ0n) is 12.5. The minimum atomic E-state index is -0.982. The number of aromatic amines is 1. The molecule has 0 radical (unpaired) electrons. The monoisotopic (exact) mass is 304 g/mol. The van der Waals surface area contributed by atoms with Gasteiger partial charge in [-0.2, -0.15) is 0 Å². The van der Waals surface area contributed by atoms with Crippen LogP contribution in [0, 0.1) is 0 Å². The van der Waals surface area contributed by atoms with Crippen molar-refractivity contribution in [2.75, 3.05) is 6.61 Å². The normalized spacial score (nSPS) is 12.0. The molecule has 1 heterocycles. The molecule has 0 bridgehead atoms. The number of benzene rings is 1. The topological polar surface area (TPSA) is 91.4 Å². The third-order valence-electron chi connectivity index (χ3n) is 3.40. The Morgan fingerprint density at radius 2 is 2.14 bits per heavy atom. The number of aromatic nitrogens is 1. The summed E-state index contributed by atoms with van der Waals surface area (Å²) in [5.41, 5.74) is 1.64. The Balaban J connectivity index is 2.15. The number of alkyl carbamates (subject to hydrolysis) is 1. The van der Waals surface area contributed by atoms with Crippen LogP contribution in [0.3, 0.4) is 0 Å². The highest BCUT2D eigenvalue weighted by Gasteiger charge is 2.21. The van der Waals surface area contributed by atoms with Gasteiger partial charge in [0.05, 0.1) is 19.1 Å². The maximum absolute atomic E-state index is 11.8. The molecule has 0 saturated carbocycles. The van der Waals surface area contributed by atoms with Gasteiger partial charge in [-0.15, -0.1) is 0 Å². The Morgan fingerprint density at radius 3 is 2.86 bits per heavy atom. The van der Waals surface area contributed by atoms with E-state index in [1.165, 1.54) is 0 Å². The van der Waals surface area contributed by atoms with Crippen LogP contribution < -0.4 is 5.32 Å². The molecule has 2 aromatic rings. The Kier molecular flexibility index (Phi) is 5.41. The van der Waals surface area contributed by atoms with E-state index in [0.29, 0.717) is 6.61 Å². The van der Waals surface area contributed by atoms with Gasteiger partial charge in [-0.25, -0.2) is 4.79 Å². The van der Waals surface area contributed by atoms with E-state index in [-0.39, 0.29) is 6.42 Å². The van der Waals surface area contributed by atoms with E-state index in [0.717, 1.165) is 29.3 Å². The van der Waals surface area contributed by atoms with E-state index in [1.807, 2.05) is 31.2 Å². The maximum atomic E-state index is 11.8. The van der Waals surface area contributed by atoms with Gasteiger partial charge in [-0.1, -0.05) is 31.5 Å². The molecule has 0 spiro atoms. The van der Waals surface area contributed by atoms with Crippen LogP contribution in [0.1, 0.15) is 37.8 Å². The van der Waals surface area contributed by atoms with Crippen molar-refractivity contribution < 1.29 is 19.4 Å². The molecule has 118 valence electrons. The molecule has 0 aliphatic rings. The van der Waals surface area contributed by atoms with E-state index in [4.69, 9.17) is 9.84 Å². The molecule has 1 aromatic heterocycles. The zero-order valence-corrected chi connectivity index (χ0v) is 12.5. The third-order valence-corrected chi connectivity index (χ3v) is 3.40. The lowest BCUT2D eigenvalue weighted by atomic mass is 10.0. The summed E-state index contributed by atoms with van der Waals surface area (Å²) in [6.07, 6.45) is 2.64. The molecular formula is C16H20N2O4. The lowest BCUT2D eigenvalue weighted by Crippen LogP contribution is -2.30. The standard InChI is InChI=1S/C16H20N2O4/c1-2-3-8-22-16(21)18-14(9-15(19)20)12-10-17-13-7-5-4-6-11(12)13/h4-7,10,14,17H,2-3,8-9H2,1H3,(H,18,21)(H,19,20). The summed E-state index contributed by atoms with van der Waals surface area (Å²) in [7, 11) is 0. The van der Waals surface area contributed by atoms with Crippen molar-refractivity contribution in [1.29, 1.82) is 0 Å². The molecule has 1 unspecified atom stereocenters. The van der Waals surface area contributed by atoms with Gasteiger partial charge in [-0.3, -0.25) is 4.79 Å². The number of carbonyl (C=O) groups is 2. The van der Waals surface area contributed by atoms with Crippen LogP contribution >= 0.6 is 0 Å². The lowest BCUT2D eigenvalue weighted by molar-refractivity contribution is -0.137. The predicted octanol–water partition coefficient (Wildman–Crippen LogP) is 3.21. The molecule has 0 fully saturated rings. The summed E-state index contributed by atoms with van der Waals surface area (Å²) >= 11 is 0. The number of rotatable bonds is 7. The highest BCUT2D eigenvalue weighted by molar-refractivity contribution is 5.85. The Morgan fingerprint density at radius 1 is 1.36 bits per heavy atom. The molecule has 1 atom stereocenters. The first-order chi connectivity index (χ1) is 10.6. The molecule has 22 heavy (non-hydrogen) atoms. The second-order valence-electron chi connectivity index (χ2n) is 5.07. The van der Waals surface area contributed by atoms with Gasteiger partial charge >= 0.3 is 12.1 Å². The van der Waals surface area contributed by atoms with Crippen molar-refractivity contribution in [3.05, 3.63) is 36.0 Å². The smallest absolute Gasteiger partial charge is 0.407 e. The Hall–Kier alpha value is -2.50. The highest BCUT2D eigenvalue weighted by atomic mass is 16.5. The fourth-order valence-electron chi connectivity index (χ4n) is 2.29. The average Bonchev–Trinajstić information content (AvgIpc) is 2.90. The molecule has 3 N–H and O–H groups in total. The number of carboxylic acid groups (broad SMARTS) is 1. The lowest BCUT2D eigenvalue weighted by Gasteiger charge is -2.16. The SMILES string of the molecule is CCCCOC(=O)NC(CC(=O)O)c1c[nH]c2ccccc12. The Bertz CT molecular complexity index is 650.